The smallest absolute Gasteiger partial charge is 0.266 e. The van der Waals surface area contributed by atoms with Crippen molar-refractivity contribution in [3.05, 3.63) is 56.3 Å². The van der Waals surface area contributed by atoms with E-state index in [2.05, 4.69) is 31.0 Å². The number of thiophene rings is 1. The van der Waals surface area contributed by atoms with Crippen LogP contribution in [-0.2, 0) is 0 Å². The number of benzene rings is 1. The minimum atomic E-state index is -0.141. The van der Waals surface area contributed by atoms with Crippen molar-refractivity contribution < 1.29 is 4.79 Å². The third kappa shape index (κ3) is 3.27. The molecule has 1 amide bonds. The number of nitrogens with zero attached hydrogens (tertiary/aromatic N) is 1. The van der Waals surface area contributed by atoms with Gasteiger partial charge in [-0.3, -0.25) is 4.79 Å². The maximum Gasteiger partial charge on any atom is 0.288 e. The summed E-state index contributed by atoms with van der Waals surface area (Å²) in [5.41, 5.74) is 5.56. The molecule has 0 aliphatic carbocycles. The third-order valence-electron chi connectivity index (χ3n) is 3.57. The fourth-order valence-corrected chi connectivity index (χ4v) is 3.87. The molecule has 1 heterocycles. The molecular formula is C17H19NOS2. The molecule has 110 valence electrons. The van der Waals surface area contributed by atoms with Gasteiger partial charge in [0.2, 0.25) is 0 Å². The van der Waals surface area contributed by atoms with E-state index in [0.29, 0.717) is 0 Å². The van der Waals surface area contributed by atoms with Gasteiger partial charge in [0.1, 0.15) is 5.04 Å². The zero-order valence-electron chi connectivity index (χ0n) is 13.0. The SMILES string of the molecule is CSC(=NC(=O)c1scc(C)c1C)c1c(C)cccc1C. The Hall–Kier alpha value is -1.39. The molecule has 0 radical (unpaired) electrons. The van der Waals surface area contributed by atoms with Crippen LogP contribution < -0.4 is 0 Å². The van der Waals surface area contributed by atoms with Crippen LogP contribution in [0.4, 0.5) is 0 Å². The van der Waals surface area contributed by atoms with Crippen molar-refractivity contribution >= 4 is 34.0 Å². The summed E-state index contributed by atoms with van der Waals surface area (Å²) < 4.78 is 0. The van der Waals surface area contributed by atoms with Crippen LogP contribution >= 0.6 is 23.1 Å². The van der Waals surface area contributed by atoms with Crippen LogP contribution in [0.25, 0.3) is 0 Å². The maximum atomic E-state index is 12.5. The van der Waals surface area contributed by atoms with Crippen LogP contribution in [0, 0.1) is 27.7 Å². The molecule has 21 heavy (non-hydrogen) atoms. The number of rotatable bonds is 2. The van der Waals surface area contributed by atoms with Gasteiger partial charge in [0.25, 0.3) is 5.91 Å². The summed E-state index contributed by atoms with van der Waals surface area (Å²) in [7, 11) is 0. The second-order valence-electron chi connectivity index (χ2n) is 5.07. The first-order valence-electron chi connectivity index (χ1n) is 6.74. The highest BCUT2D eigenvalue weighted by Gasteiger charge is 2.15. The number of thioether (sulfide) groups is 1. The van der Waals surface area contributed by atoms with Crippen LogP contribution in [0.1, 0.15) is 37.5 Å². The van der Waals surface area contributed by atoms with Gasteiger partial charge in [-0.25, -0.2) is 4.99 Å². The Kier molecular flexibility index (Phi) is 5.01. The average Bonchev–Trinajstić information content (AvgIpc) is 2.77. The van der Waals surface area contributed by atoms with Gasteiger partial charge in [-0.05, 0) is 61.6 Å². The molecular weight excluding hydrogens is 298 g/mol. The minimum Gasteiger partial charge on any atom is -0.266 e. The number of carbonyl (C=O) groups excluding carboxylic acids is 1. The molecule has 0 bridgehead atoms. The van der Waals surface area contributed by atoms with E-state index in [4.69, 9.17) is 0 Å². The summed E-state index contributed by atoms with van der Waals surface area (Å²) in [6.07, 6.45) is 1.96. The molecule has 1 aromatic carbocycles. The lowest BCUT2D eigenvalue weighted by molar-refractivity contribution is 0.101. The number of carbonyl (C=O) groups is 1. The second kappa shape index (κ2) is 6.58. The van der Waals surface area contributed by atoms with Crippen molar-refractivity contribution in [2.45, 2.75) is 27.7 Å². The van der Waals surface area contributed by atoms with Crippen molar-refractivity contribution in [1.82, 2.24) is 0 Å². The summed E-state index contributed by atoms with van der Waals surface area (Å²) >= 11 is 3.00. The first-order chi connectivity index (χ1) is 9.95. The van der Waals surface area contributed by atoms with Gasteiger partial charge in [-0.1, -0.05) is 18.2 Å². The molecule has 0 aliphatic rings. The lowest BCUT2D eigenvalue weighted by Crippen LogP contribution is -2.06. The van der Waals surface area contributed by atoms with E-state index >= 15 is 0 Å². The van der Waals surface area contributed by atoms with E-state index in [1.54, 1.807) is 0 Å². The Morgan fingerprint density at radius 1 is 1.10 bits per heavy atom. The summed E-state index contributed by atoms with van der Waals surface area (Å²) in [5, 5.41) is 2.80. The molecule has 0 aliphatic heterocycles. The summed E-state index contributed by atoms with van der Waals surface area (Å²) in [6, 6.07) is 6.14. The predicted molar refractivity (Wildman–Crippen MR) is 94.1 cm³/mol. The zero-order valence-corrected chi connectivity index (χ0v) is 14.6. The molecule has 0 saturated carbocycles. The molecule has 0 fully saturated rings. The maximum absolute atomic E-state index is 12.5. The molecule has 0 unspecified atom stereocenters. The standard InChI is InChI=1S/C17H19NOS2/c1-10-7-6-8-11(2)14(10)17(20-5)18-16(19)15-13(4)12(3)9-21-15/h6-9H,1-5H3. The Balaban J connectivity index is 2.46. The number of amides is 1. The first kappa shape index (κ1) is 16.0. The Labute approximate surface area is 134 Å². The molecule has 0 atom stereocenters. The number of hydrogen-bond donors (Lipinski definition) is 0. The van der Waals surface area contributed by atoms with Gasteiger partial charge < -0.3 is 0 Å². The van der Waals surface area contributed by atoms with Crippen molar-refractivity contribution in [3.63, 3.8) is 0 Å². The van der Waals surface area contributed by atoms with Crippen molar-refractivity contribution in [1.29, 1.82) is 0 Å². The minimum absolute atomic E-state index is 0.141. The van der Waals surface area contributed by atoms with E-state index in [1.165, 1.54) is 23.1 Å². The van der Waals surface area contributed by atoms with Crippen LogP contribution in [0.15, 0.2) is 28.6 Å². The van der Waals surface area contributed by atoms with E-state index in [-0.39, 0.29) is 5.91 Å². The first-order valence-corrected chi connectivity index (χ1v) is 8.84. The molecule has 4 heteroatoms. The number of aryl methyl sites for hydroxylation is 3. The van der Waals surface area contributed by atoms with Gasteiger partial charge in [0.15, 0.2) is 0 Å². The summed E-state index contributed by atoms with van der Waals surface area (Å²) in [5.74, 6) is -0.141. The van der Waals surface area contributed by atoms with Crippen molar-refractivity contribution in [3.8, 4) is 0 Å². The van der Waals surface area contributed by atoms with Gasteiger partial charge in [-0.2, -0.15) is 0 Å². The fourth-order valence-electron chi connectivity index (χ4n) is 2.21. The van der Waals surface area contributed by atoms with Crippen LogP contribution in [0.2, 0.25) is 0 Å². The molecule has 2 nitrogen and oxygen atoms in total. The summed E-state index contributed by atoms with van der Waals surface area (Å²) in [4.78, 5) is 17.6. The fraction of sp³-hybridized carbons (Fsp3) is 0.294. The molecule has 1 aromatic heterocycles. The van der Waals surface area contributed by atoms with Crippen molar-refractivity contribution in [2.75, 3.05) is 6.26 Å². The second-order valence-corrected chi connectivity index (χ2v) is 6.74. The lowest BCUT2D eigenvalue weighted by Gasteiger charge is -2.10. The number of hydrogen-bond acceptors (Lipinski definition) is 3. The normalized spacial score (nSPS) is 11.8. The monoisotopic (exact) mass is 317 g/mol. The Morgan fingerprint density at radius 2 is 1.71 bits per heavy atom. The molecule has 0 spiro atoms. The van der Waals surface area contributed by atoms with Crippen LogP contribution in [0.5, 0.6) is 0 Å². The number of aliphatic imine (C=N–C) groups is 1. The van der Waals surface area contributed by atoms with E-state index in [1.807, 2.05) is 31.5 Å². The molecule has 0 saturated heterocycles. The largest absolute Gasteiger partial charge is 0.288 e. The van der Waals surface area contributed by atoms with Crippen molar-refractivity contribution in [2.24, 2.45) is 4.99 Å². The van der Waals surface area contributed by atoms with Gasteiger partial charge in [-0.15, -0.1) is 23.1 Å². The highest BCUT2D eigenvalue weighted by atomic mass is 32.2. The van der Waals surface area contributed by atoms with Gasteiger partial charge in [0.05, 0.1) is 4.88 Å². The Bertz CT molecular complexity index is 693. The van der Waals surface area contributed by atoms with Crippen LogP contribution in [-0.4, -0.2) is 17.2 Å². The molecule has 2 aromatic rings. The third-order valence-corrected chi connectivity index (χ3v) is 5.44. The van der Waals surface area contributed by atoms with Gasteiger partial charge >= 0.3 is 0 Å². The lowest BCUT2D eigenvalue weighted by atomic mass is 10.0. The van der Waals surface area contributed by atoms with Gasteiger partial charge in [0, 0.05) is 5.56 Å². The predicted octanol–water partition coefficient (Wildman–Crippen LogP) is 4.93. The van der Waals surface area contributed by atoms with E-state index in [0.717, 1.165) is 37.7 Å². The van der Waals surface area contributed by atoms with E-state index in [9.17, 15) is 4.79 Å². The van der Waals surface area contributed by atoms with Crippen LogP contribution in [0.3, 0.4) is 0 Å². The molecule has 2 rings (SSSR count). The Morgan fingerprint density at radius 3 is 2.19 bits per heavy atom. The van der Waals surface area contributed by atoms with E-state index < -0.39 is 0 Å². The zero-order chi connectivity index (χ0) is 15.6. The summed E-state index contributed by atoms with van der Waals surface area (Å²) in [6.45, 7) is 8.11. The highest BCUT2D eigenvalue weighted by molar-refractivity contribution is 8.13. The highest BCUT2D eigenvalue weighted by Crippen LogP contribution is 2.24. The quantitative estimate of drug-likeness (QED) is 0.580. The average molecular weight is 317 g/mol. The topological polar surface area (TPSA) is 29.4 Å². The molecule has 0 N–H and O–H groups in total.